The zero-order valence-corrected chi connectivity index (χ0v) is 10.4. The van der Waals surface area contributed by atoms with E-state index < -0.39 is 11.6 Å². The molecule has 0 saturated heterocycles. The molecular formula is C12H12F2N4O. The first-order valence-corrected chi connectivity index (χ1v) is 5.59. The van der Waals surface area contributed by atoms with Crippen molar-refractivity contribution in [2.24, 2.45) is 0 Å². The van der Waals surface area contributed by atoms with E-state index >= 15 is 0 Å². The summed E-state index contributed by atoms with van der Waals surface area (Å²) in [4.78, 5) is 11.7. The predicted octanol–water partition coefficient (Wildman–Crippen LogP) is 2.19. The van der Waals surface area contributed by atoms with Gasteiger partial charge in [-0.3, -0.25) is 0 Å². The van der Waals surface area contributed by atoms with E-state index in [0.29, 0.717) is 5.56 Å². The molecule has 0 aliphatic carbocycles. The van der Waals surface area contributed by atoms with Gasteiger partial charge in [0.05, 0.1) is 6.10 Å². The van der Waals surface area contributed by atoms with Crippen molar-refractivity contribution in [3.05, 3.63) is 29.8 Å². The third-order valence-corrected chi connectivity index (χ3v) is 2.15. The number of hydrogen-bond donors (Lipinski definition) is 1. The molecule has 0 unspecified atom stereocenters. The number of rotatable bonds is 3. The van der Waals surface area contributed by atoms with E-state index in [1.54, 1.807) is 13.8 Å². The Hall–Kier alpha value is -2.31. The van der Waals surface area contributed by atoms with Crippen molar-refractivity contribution in [2.75, 3.05) is 5.73 Å². The molecule has 7 heteroatoms. The molecule has 0 bridgehead atoms. The normalized spacial score (nSPS) is 10.8. The van der Waals surface area contributed by atoms with Crippen LogP contribution in [0, 0.1) is 11.6 Å². The van der Waals surface area contributed by atoms with Crippen molar-refractivity contribution < 1.29 is 13.5 Å². The molecule has 5 nitrogen and oxygen atoms in total. The Morgan fingerprint density at radius 3 is 2.47 bits per heavy atom. The first kappa shape index (κ1) is 13.1. The van der Waals surface area contributed by atoms with Crippen LogP contribution < -0.4 is 10.5 Å². The lowest BCUT2D eigenvalue weighted by atomic mass is 10.2. The van der Waals surface area contributed by atoms with Crippen molar-refractivity contribution in [3.8, 4) is 17.4 Å². The second kappa shape index (κ2) is 5.13. The van der Waals surface area contributed by atoms with Gasteiger partial charge in [-0.2, -0.15) is 15.0 Å². The van der Waals surface area contributed by atoms with Gasteiger partial charge in [-0.15, -0.1) is 0 Å². The molecule has 0 fully saturated rings. The summed E-state index contributed by atoms with van der Waals surface area (Å²) in [6.07, 6.45) is -0.139. The van der Waals surface area contributed by atoms with E-state index in [1.165, 1.54) is 6.07 Å². The number of aromatic nitrogens is 3. The number of nitrogens with zero attached hydrogens (tertiary/aromatic N) is 3. The van der Waals surface area contributed by atoms with Crippen LogP contribution in [0.5, 0.6) is 6.01 Å². The molecule has 19 heavy (non-hydrogen) atoms. The summed E-state index contributed by atoms with van der Waals surface area (Å²) in [7, 11) is 0. The summed E-state index contributed by atoms with van der Waals surface area (Å²) in [5, 5.41) is 0. The van der Waals surface area contributed by atoms with Crippen molar-refractivity contribution in [2.45, 2.75) is 20.0 Å². The van der Waals surface area contributed by atoms with E-state index in [2.05, 4.69) is 15.0 Å². The lowest BCUT2D eigenvalue weighted by molar-refractivity contribution is 0.222. The highest BCUT2D eigenvalue weighted by atomic mass is 19.2. The Morgan fingerprint density at radius 2 is 1.84 bits per heavy atom. The smallest absolute Gasteiger partial charge is 0.322 e. The molecule has 1 aromatic carbocycles. The Labute approximate surface area is 108 Å². The summed E-state index contributed by atoms with van der Waals surface area (Å²) in [5.41, 5.74) is 5.82. The van der Waals surface area contributed by atoms with Gasteiger partial charge in [-0.25, -0.2) is 8.78 Å². The van der Waals surface area contributed by atoms with Gasteiger partial charge in [0.25, 0.3) is 0 Å². The summed E-state index contributed by atoms with van der Waals surface area (Å²) >= 11 is 0. The van der Waals surface area contributed by atoms with Gasteiger partial charge >= 0.3 is 6.01 Å². The highest BCUT2D eigenvalue weighted by molar-refractivity contribution is 5.56. The summed E-state index contributed by atoms with van der Waals surface area (Å²) < 4.78 is 31.3. The molecule has 2 N–H and O–H groups in total. The Bertz CT molecular complexity index is 604. The van der Waals surface area contributed by atoms with Crippen LogP contribution in [0.2, 0.25) is 0 Å². The van der Waals surface area contributed by atoms with Crippen LogP contribution in [0.25, 0.3) is 11.4 Å². The minimum Gasteiger partial charge on any atom is -0.461 e. The number of benzene rings is 1. The average Bonchev–Trinajstić information content (AvgIpc) is 2.31. The molecule has 0 amide bonds. The third kappa shape index (κ3) is 3.12. The molecule has 2 aromatic rings. The van der Waals surface area contributed by atoms with Crippen LogP contribution in [0.4, 0.5) is 14.7 Å². The fraction of sp³-hybridized carbons (Fsp3) is 0.250. The maximum Gasteiger partial charge on any atom is 0.322 e. The summed E-state index contributed by atoms with van der Waals surface area (Å²) in [5.74, 6) is -1.85. The van der Waals surface area contributed by atoms with Crippen LogP contribution in [-0.2, 0) is 0 Å². The molecular weight excluding hydrogens is 254 g/mol. The zero-order chi connectivity index (χ0) is 14.0. The first-order valence-electron chi connectivity index (χ1n) is 5.59. The number of halogens is 2. The van der Waals surface area contributed by atoms with E-state index in [4.69, 9.17) is 10.5 Å². The van der Waals surface area contributed by atoms with E-state index in [0.717, 1.165) is 12.1 Å². The number of hydrogen-bond acceptors (Lipinski definition) is 5. The van der Waals surface area contributed by atoms with Gasteiger partial charge in [-0.05, 0) is 32.0 Å². The number of nitrogen functional groups attached to an aromatic ring is 1. The zero-order valence-electron chi connectivity index (χ0n) is 10.4. The first-order chi connectivity index (χ1) is 8.95. The second-order valence-corrected chi connectivity index (χ2v) is 4.10. The number of anilines is 1. The van der Waals surface area contributed by atoms with E-state index in [1.807, 2.05) is 0 Å². The SMILES string of the molecule is CC(C)Oc1nc(N)nc(-c2ccc(F)c(F)c2)n1. The van der Waals surface area contributed by atoms with Gasteiger partial charge < -0.3 is 10.5 Å². The van der Waals surface area contributed by atoms with Crippen LogP contribution >= 0.6 is 0 Å². The molecule has 0 radical (unpaired) electrons. The van der Waals surface area contributed by atoms with E-state index in [-0.39, 0.29) is 23.9 Å². The molecule has 1 heterocycles. The molecule has 2 rings (SSSR count). The standard InChI is InChI=1S/C12H12F2N4O/c1-6(2)19-12-17-10(16-11(15)18-12)7-3-4-8(13)9(14)5-7/h3-6H,1-2H3,(H2,15,16,17,18). The number of nitrogens with two attached hydrogens (primary N) is 1. The minimum atomic E-state index is -0.984. The number of ether oxygens (including phenoxy) is 1. The Kier molecular flexibility index (Phi) is 3.55. The summed E-state index contributed by atoms with van der Waals surface area (Å²) in [6, 6.07) is 3.38. The van der Waals surface area contributed by atoms with Crippen molar-refractivity contribution >= 4 is 5.95 Å². The minimum absolute atomic E-state index is 0.0437. The maximum absolute atomic E-state index is 13.2. The van der Waals surface area contributed by atoms with Crippen LogP contribution in [0.1, 0.15) is 13.8 Å². The van der Waals surface area contributed by atoms with Crippen molar-refractivity contribution in [1.29, 1.82) is 0 Å². The largest absolute Gasteiger partial charge is 0.461 e. The highest BCUT2D eigenvalue weighted by Crippen LogP contribution is 2.20. The van der Waals surface area contributed by atoms with E-state index in [9.17, 15) is 8.78 Å². The molecule has 0 aliphatic rings. The quantitative estimate of drug-likeness (QED) is 0.921. The lowest BCUT2D eigenvalue weighted by Crippen LogP contribution is -2.11. The molecule has 0 atom stereocenters. The van der Waals surface area contributed by atoms with Crippen LogP contribution in [0.15, 0.2) is 18.2 Å². The molecule has 0 aliphatic heterocycles. The Morgan fingerprint density at radius 1 is 1.11 bits per heavy atom. The maximum atomic E-state index is 13.2. The van der Waals surface area contributed by atoms with Gasteiger partial charge in [-0.1, -0.05) is 0 Å². The monoisotopic (exact) mass is 266 g/mol. The average molecular weight is 266 g/mol. The van der Waals surface area contributed by atoms with Crippen molar-refractivity contribution in [3.63, 3.8) is 0 Å². The molecule has 100 valence electrons. The summed E-state index contributed by atoms with van der Waals surface area (Å²) in [6.45, 7) is 3.61. The van der Waals surface area contributed by atoms with Gasteiger partial charge in [0.2, 0.25) is 5.95 Å². The van der Waals surface area contributed by atoms with Crippen molar-refractivity contribution in [1.82, 2.24) is 15.0 Å². The predicted molar refractivity (Wildman–Crippen MR) is 65.4 cm³/mol. The van der Waals surface area contributed by atoms with Crippen LogP contribution in [0.3, 0.4) is 0 Å². The lowest BCUT2D eigenvalue weighted by Gasteiger charge is -2.09. The molecule has 0 saturated carbocycles. The topological polar surface area (TPSA) is 73.9 Å². The second-order valence-electron chi connectivity index (χ2n) is 4.10. The fourth-order valence-electron chi connectivity index (χ4n) is 1.40. The highest BCUT2D eigenvalue weighted by Gasteiger charge is 2.11. The fourth-order valence-corrected chi connectivity index (χ4v) is 1.40. The Balaban J connectivity index is 2.43. The van der Waals surface area contributed by atoms with Gasteiger partial charge in [0, 0.05) is 5.56 Å². The van der Waals surface area contributed by atoms with Gasteiger partial charge in [0.15, 0.2) is 17.5 Å². The van der Waals surface area contributed by atoms with Gasteiger partial charge in [0.1, 0.15) is 0 Å². The molecule has 0 spiro atoms. The molecule has 1 aromatic heterocycles. The van der Waals surface area contributed by atoms with Crippen LogP contribution in [-0.4, -0.2) is 21.1 Å². The third-order valence-electron chi connectivity index (χ3n) is 2.15.